The van der Waals surface area contributed by atoms with Crippen LogP contribution < -0.4 is 0 Å². The van der Waals surface area contributed by atoms with Gasteiger partial charge in [0.15, 0.2) is 10.6 Å². The van der Waals surface area contributed by atoms with Gasteiger partial charge in [-0.3, -0.25) is 9.59 Å². The van der Waals surface area contributed by atoms with Gasteiger partial charge in [-0.1, -0.05) is 12.1 Å². The molecule has 4 heterocycles. The molecule has 170 valence electrons. The summed E-state index contributed by atoms with van der Waals surface area (Å²) in [6.45, 7) is 0.778. The number of benzene rings is 2. The van der Waals surface area contributed by atoms with Crippen LogP contribution in [0, 0.1) is 11.6 Å². The van der Waals surface area contributed by atoms with Crippen molar-refractivity contribution in [2.75, 3.05) is 13.1 Å². The van der Waals surface area contributed by atoms with Gasteiger partial charge in [0, 0.05) is 32.0 Å². The minimum Gasteiger partial charge on any atom is -0.342 e. The van der Waals surface area contributed by atoms with Gasteiger partial charge >= 0.3 is 0 Å². The minimum absolute atomic E-state index is 0.134. The molecule has 6 rings (SSSR count). The van der Waals surface area contributed by atoms with E-state index in [1.165, 1.54) is 23.5 Å². The van der Waals surface area contributed by atoms with Crippen molar-refractivity contribution in [3.05, 3.63) is 64.7 Å². The van der Waals surface area contributed by atoms with Crippen LogP contribution in [-0.4, -0.2) is 51.5 Å². The first-order chi connectivity index (χ1) is 15.9. The quantitative estimate of drug-likeness (QED) is 0.563. The van der Waals surface area contributed by atoms with E-state index in [9.17, 15) is 18.4 Å². The lowest BCUT2D eigenvalue weighted by Gasteiger charge is -2.37. The van der Waals surface area contributed by atoms with Gasteiger partial charge in [0.05, 0.1) is 16.3 Å². The number of thiazole rings is 1. The standard InChI is InChI=1S/C24H21F2N3O3S/c25-15-11-14(12-16(26)13-15)18-5-6-20-29(18)23(31)24(32-20)7-9-28(10-8-24)22(30)21-27-17-3-1-2-4-19(17)33-21/h1-4,11-13,18,20H,5-10H2/t18-,20+/m0/s1. The van der Waals surface area contributed by atoms with Gasteiger partial charge in [-0.2, -0.15) is 0 Å². The van der Waals surface area contributed by atoms with Crippen molar-refractivity contribution in [3.63, 3.8) is 0 Å². The molecule has 0 unspecified atom stereocenters. The molecule has 3 aliphatic rings. The molecule has 1 aromatic heterocycles. The number of piperidine rings is 1. The van der Waals surface area contributed by atoms with Crippen LogP contribution in [0.3, 0.4) is 0 Å². The third kappa shape index (κ3) is 3.33. The number of aromatic nitrogens is 1. The number of amides is 2. The molecule has 2 aromatic carbocycles. The van der Waals surface area contributed by atoms with Crippen LogP contribution in [0.25, 0.3) is 10.2 Å². The fourth-order valence-corrected chi connectivity index (χ4v) is 6.24. The minimum atomic E-state index is -0.987. The van der Waals surface area contributed by atoms with E-state index in [0.29, 0.717) is 49.3 Å². The summed E-state index contributed by atoms with van der Waals surface area (Å²) < 4.78 is 34.8. The Hall–Kier alpha value is -2.91. The van der Waals surface area contributed by atoms with Crippen molar-refractivity contribution in [1.29, 1.82) is 0 Å². The van der Waals surface area contributed by atoms with E-state index in [0.717, 1.165) is 16.3 Å². The molecule has 33 heavy (non-hydrogen) atoms. The summed E-state index contributed by atoms with van der Waals surface area (Å²) in [6, 6.07) is 10.6. The monoisotopic (exact) mass is 469 g/mol. The molecule has 0 radical (unpaired) electrons. The summed E-state index contributed by atoms with van der Waals surface area (Å²) in [7, 11) is 0. The van der Waals surface area contributed by atoms with E-state index in [4.69, 9.17) is 4.74 Å². The first kappa shape index (κ1) is 20.7. The highest BCUT2D eigenvalue weighted by molar-refractivity contribution is 7.20. The Balaban J connectivity index is 1.18. The second-order valence-electron chi connectivity index (χ2n) is 8.85. The highest BCUT2D eigenvalue weighted by Crippen LogP contribution is 2.47. The maximum atomic E-state index is 13.8. The Bertz CT molecular complexity index is 1220. The van der Waals surface area contributed by atoms with Crippen LogP contribution in [0.5, 0.6) is 0 Å². The van der Waals surface area contributed by atoms with Crippen molar-refractivity contribution < 1.29 is 23.1 Å². The lowest BCUT2D eigenvalue weighted by Crippen LogP contribution is -2.51. The second-order valence-corrected chi connectivity index (χ2v) is 9.88. The maximum Gasteiger partial charge on any atom is 0.282 e. The van der Waals surface area contributed by atoms with Gasteiger partial charge in [-0.15, -0.1) is 11.3 Å². The van der Waals surface area contributed by atoms with Gasteiger partial charge in [0.2, 0.25) is 0 Å². The highest BCUT2D eigenvalue weighted by Gasteiger charge is 2.58. The molecular weight excluding hydrogens is 448 g/mol. The predicted octanol–water partition coefficient (Wildman–Crippen LogP) is 4.27. The largest absolute Gasteiger partial charge is 0.342 e. The summed E-state index contributed by atoms with van der Waals surface area (Å²) >= 11 is 1.37. The van der Waals surface area contributed by atoms with Crippen LogP contribution in [-0.2, 0) is 9.53 Å². The van der Waals surface area contributed by atoms with Crippen molar-refractivity contribution in [1.82, 2.24) is 14.8 Å². The number of carbonyl (C=O) groups is 2. The number of ether oxygens (including phenoxy) is 1. The molecule has 2 amide bonds. The zero-order chi connectivity index (χ0) is 22.7. The van der Waals surface area contributed by atoms with Crippen molar-refractivity contribution in [3.8, 4) is 0 Å². The van der Waals surface area contributed by atoms with Gasteiger partial charge in [-0.25, -0.2) is 13.8 Å². The number of para-hydroxylation sites is 1. The van der Waals surface area contributed by atoms with Crippen LogP contribution >= 0.6 is 11.3 Å². The number of carbonyl (C=O) groups excluding carboxylic acids is 2. The normalized spacial score (nSPS) is 24.1. The Morgan fingerprint density at radius 2 is 1.82 bits per heavy atom. The van der Waals surface area contributed by atoms with Crippen LogP contribution in [0.15, 0.2) is 42.5 Å². The zero-order valence-corrected chi connectivity index (χ0v) is 18.5. The lowest BCUT2D eigenvalue weighted by molar-refractivity contribution is -0.142. The lowest BCUT2D eigenvalue weighted by atomic mass is 9.89. The molecule has 0 N–H and O–H groups in total. The second kappa shape index (κ2) is 7.56. The first-order valence-electron chi connectivity index (χ1n) is 11.0. The average molecular weight is 470 g/mol. The van der Waals surface area contributed by atoms with Gasteiger partial charge in [-0.05, 0) is 42.7 Å². The number of hydrogen-bond acceptors (Lipinski definition) is 5. The molecule has 1 spiro atoms. The number of hydrogen-bond donors (Lipinski definition) is 0. The van der Waals surface area contributed by atoms with Gasteiger partial charge in [0.25, 0.3) is 11.8 Å². The fraction of sp³-hybridized carbons (Fsp3) is 0.375. The molecule has 9 heteroatoms. The summed E-state index contributed by atoms with van der Waals surface area (Å²) in [5.74, 6) is -1.59. The number of nitrogens with zero attached hydrogens (tertiary/aromatic N) is 3. The van der Waals surface area contributed by atoms with Crippen molar-refractivity contribution in [2.24, 2.45) is 0 Å². The van der Waals surface area contributed by atoms with Crippen molar-refractivity contribution >= 4 is 33.4 Å². The summed E-state index contributed by atoms with van der Waals surface area (Å²) in [4.78, 5) is 34.3. The maximum absolute atomic E-state index is 13.8. The number of halogens is 2. The van der Waals surface area contributed by atoms with Crippen LogP contribution in [0.1, 0.15) is 47.1 Å². The fourth-order valence-electron chi connectivity index (χ4n) is 5.31. The predicted molar refractivity (Wildman–Crippen MR) is 118 cm³/mol. The molecule has 0 bridgehead atoms. The summed E-state index contributed by atoms with van der Waals surface area (Å²) in [5.41, 5.74) is 0.265. The Morgan fingerprint density at radius 1 is 1.09 bits per heavy atom. The molecule has 6 nitrogen and oxygen atoms in total. The third-order valence-electron chi connectivity index (χ3n) is 6.92. The van der Waals surface area contributed by atoms with Crippen molar-refractivity contribution in [2.45, 2.75) is 43.6 Å². The van der Waals surface area contributed by atoms with E-state index >= 15 is 0 Å². The Morgan fingerprint density at radius 3 is 2.55 bits per heavy atom. The molecule has 3 fully saturated rings. The molecule has 3 saturated heterocycles. The SMILES string of the molecule is O=C(c1nc2ccccc2s1)N1CCC2(CC1)O[C@@H]1CC[C@@H](c3cc(F)cc(F)c3)N1C2=O. The summed E-state index contributed by atoms with van der Waals surface area (Å²) in [5, 5.41) is 0.444. The van der Waals surface area contributed by atoms with E-state index < -0.39 is 29.5 Å². The van der Waals surface area contributed by atoms with Gasteiger partial charge in [0.1, 0.15) is 17.9 Å². The molecule has 2 atom stereocenters. The van der Waals surface area contributed by atoms with Crippen LogP contribution in [0.2, 0.25) is 0 Å². The number of fused-ring (bicyclic) bond motifs is 2. The topological polar surface area (TPSA) is 62.7 Å². The highest BCUT2D eigenvalue weighted by atomic mass is 32.1. The first-order valence-corrected chi connectivity index (χ1v) is 11.9. The Labute approximate surface area is 192 Å². The molecular formula is C24H21F2N3O3S. The van der Waals surface area contributed by atoms with Gasteiger partial charge < -0.3 is 14.5 Å². The Kier molecular flexibility index (Phi) is 4.74. The molecule has 3 aliphatic heterocycles. The molecule has 0 aliphatic carbocycles. The van der Waals surface area contributed by atoms with E-state index in [1.54, 1.807) is 9.80 Å². The summed E-state index contributed by atoms with van der Waals surface area (Å²) in [6.07, 6.45) is 1.59. The van der Waals surface area contributed by atoms with E-state index in [1.807, 2.05) is 24.3 Å². The third-order valence-corrected chi connectivity index (χ3v) is 7.95. The number of likely N-dealkylation sites (tertiary alicyclic amines) is 1. The molecule has 0 saturated carbocycles. The van der Waals surface area contributed by atoms with E-state index in [2.05, 4.69) is 4.98 Å². The molecule has 3 aromatic rings. The zero-order valence-electron chi connectivity index (χ0n) is 17.7. The average Bonchev–Trinajstić information content (AvgIpc) is 3.48. The smallest absolute Gasteiger partial charge is 0.282 e. The number of rotatable bonds is 2. The van der Waals surface area contributed by atoms with E-state index in [-0.39, 0.29) is 11.8 Å². The van der Waals surface area contributed by atoms with Crippen LogP contribution in [0.4, 0.5) is 8.78 Å².